The lowest BCUT2D eigenvalue weighted by Crippen LogP contribution is -2.29. The van der Waals surface area contributed by atoms with Crippen molar-refractivity contribution in [3.63, 3.8) is 0 Å². The molecule has 0 radical (unpaired) electrons. The lowest BCUT2D eigenvalue weighted by Gasteiger charge is -2.23. The number of rotatable bonds is 5. The van der Waals surface area contributed by atoms with Gasteiger partial charge in [0, 0.05) is 11.1 Å². The smallest absolute Gasteiger partial charge is 0.301 e. The van der Waals surface area contributed by atoms with Gasteiger partial charge in [-0.25, -0.2) is 9.37 Å². The number of fused-ring (bicyclic) bond motifs is 1. The quantitative estimate of drug-likeness (QED) is 0.239. The minimum atomic E-state index is -1.21. The summed E-state index contributed by atoms with van der Waals surface area (Å²) in [7, 11) is 3.05. The summed E-state index contributed by atoms with van der Waals surface area (Å²) >= 11 is 1.17. The Bertz CT molecular complexity index is 1500. The van der Waals surface area contributed by atoms with Crippen LogP contribution in [-0.4, -0.2) is 36.0 Å². The Morgan fingerprint density at radius 3 is 2.37 bits per heavy atom. The Balaban J connectivity index is 1.72. The van der Waals surface area contributed by atoms with Crippen LogP contribution in [0.25, 0.3) is 16.0 Å². The Morgan fingerprint density at radius 1 is 1.00 bits per heavy atom. The van der Waals surface area contributed by atoms with Gasteiger partial charge < -0.3 is 14.6 Å². The number of nitrogens with zero attached hydrogens (tertiary/aromatic N) is 2. The molecule has 1 amide bonds. The molecule has 35 heavy (non-hydrogen) atoms. The molecule has 4 aromatic rings. The largest absolute Gasteiger partial charge is 0.507 e. The molecule has 5 rings (SSSR count). The average Bonchev–Trinajstić information content (AvgIpc) is 3.41. The molecule has 1 fully saturated rings. The van der Waals surface area contributed by atoms with Crippen LogP contribution >= 0.6 is 11.3 Å². The Morgan fingerprint density at radius 2 is 1.69 bits per heavy atom. The van der Waals surface area contributed by atoms with Crippen LogP contribution < -0.4 is 14.4 Å². The van der Waals surface area contributed by atoms with E-state index in [0.29, 0.717) is 22.6 Å². The van der Waals surface area contributed by atoms with Crippen molar-refractivity contribution in [2.45, 2.75) is 6.04 Å². The van der Waals surface area contributed by atoms with Crippen LogP contribution in [0.3, 0.4) is 0 Å². The zero-order chi connectivity index (χ0) is 24.7. The molecule has 0 bridgehead atoms. The molecule has 1 aliphatic rings. The number of thiazole rings is 1. The minimum absolute atomic E-state index is 0.0681. The Labute approximate surface area is 203 Å². The maximum Gasteiger partial charge on any atom is 0.301 e. The topological polar surface area (TPSA) is 89.0 Å². The van der Waals surface area contributed by atoms with Gasteiger partial charge in [0.1, 0.15) is 29.1 Å². The predicted octanol–water partition coefficient (Wildman–Crippen LogP) is 5.08. The third-order valence-corrected chi connectivity index (χ3v) is 6.82. The molecule has 3 aromatic carbocycles. The second-order valence-corrected chi connectivity index (χ2v) is 8.76. The predicted molar refractivity (Wildman–Crippen MR) is 130 cm³/mol. The summed E-state index contributed by atoms with van der Waals surface area (Å²) in [5.41, 5.74) is 0.731. The second-order valence-electron chi connectivity index (χ2n) is 7.75. The first-order valence-electron chi connectivity index (χ1n) is 10.6. The van der Waals surface area contributed by atoms with Crippen molar-refractivity contribution in [3.8, 4) is 11.5 Å². The lowest BCUT2D eigenvalue weighted by molar-refractivity contribution is -0.132. The molecule has 1 aromatic heterocycles. The number of aromatic nitrogens is 1. The molecule has 1 N–H and O–H groups in total. The summed E-state index contributed by atoms with van der Waals surface area (Å²) in [6, 6.07) is 16.2. The summed E-state index contributed by atoms with van der Waals surface area (Å²) in [4.78, 5) is 32.2. The number of ketones is 1. The van der Waals surface area contributed by atoms with E-state index in [-0.39, 0.29) is 16.3 Å². The number of hydrogen-bond donors (Lipinski definition) is 1. The van der Waals surface area contributed by atoms with Gasteiger partial charge in [0.15, 0.2) is 5.13 Å². The first-order chi connectivity index (χ1) is 16.9. The molecule has 9 heteroatoms. The van der Waals surface area contributed by atoms with Gasteiger partial charge in [-0.15, -0.1) is 0 Å². The van der Waals surface area contributed by atoms with Gasteiger partial charge in [-0.05, 0) is 48.5 Å². The lowest BCUT2D eigenvalue weighted by atomic mass is 9.95. The molecule has 0 unspecified atom stereocenters. The number of carbonyl (C=O) groups excluding carboxylic acids is 2. The van der Waals surface area contributed by atoms with Crippen LogP contribution in [0.1, 0.15) is 17.2 Å². The fourth-order valence-corrected chi connectivity index (χ4v) is 5.07. The molecule has 1 atom stereocenters. The van der Waals surface area contributed by atoms with E-state index in [9.17, 15) is 14.7 Å². The molecular weight excluding hydrogens is 471 g/mol. The SMILES string of the molecule is COc1ccc(C(O)=C2C(=O)C(=O)N(c3nc4ccc(OC)cc4s3)[C@H]2c2ccccc2F)cc1. The Kier molecular flexibility index (Phi) is 5.70. The van der Waals surface area contributed by atoms with Crippen LogP contribution in [0, 0.1) is 5.82 Å². The monoisotopic (exact) mass is 490 g/mol. The number of methoxy groups -OCH3 is 2. The highest BCUT2D eigenvalue weighted by atomic mass is 32.1. The second kappa shape index (κ2) is 8.84. The van der Waals surface area contributed by atoms with Gasteiger partial charge in [0.2, 0.25) is 0 Å². The van der Waals surface area contributed by atoms with Crippen molar-refractivity contribution in [1.82, 2.24) is 4.98 Å². The fourth-order valence-electron chi connectivity index (χ4n) is 4.05. The van der Waals surface area contributed by atoms with E-state index in [1.165, 1.54) is 36.6 Å². The summed E-state index contributed by atoms with van der Waals surface area (Å²) in [5, 5.41) is 11.4. The Hall–Kier alpha value is -4.24. The van der Waals surface area contributed by atoms with E-state index in [1.807, 2.05) is 0 Å². The first-order valence-corrected chi connectivity index (χ1v) is 11.4. The number of aliphatic hydroxyl groups excluding tert-OH is 1. The summed E-state index contributed by atoms with van der Waals surface area (Å²) in [5.74, 6) is -1.70. The average molecular weight is 491 g/mol. The maximum absolute atomic E-state index is 15.0. The third kappa shape index (κ3) is 3.79. The van der Waals surface area contributed by atoms with E-state index in [4.69, 9.17) is 9.47 Å². The van der Waals surface area contributed by atoms with E-state index < -0.39 is 29.3 Å². The molecule has 176 valence electrons. The van der Waals surface area contributed by atoms with E-state index in [1.54, 1.807) is 55.6 Å². The zero-order valence-corrected chi connectivity index (χ0v) is 19.5. The number of aliphatic hydroxyl groups is 1. The van der Waals surface area contributed by atoms with E-state index >= 15 is 4.39 Å². The number of carbonyl (C=O) groups is 2. The maximum atomic E-state index is 15.0. The molecule has 1 aliphatic heterocycles. The van der Waals surface area contributed by atoms with Gasteiger partial charge in [-0.2, -0.15) is 0 Å². The van der Waals surface area contributed by atoms with Gasteiger partial charge >= 0.3 is 5.91 Å². The van der Waals surface area contributed by atoms with Gasteiger partial charge in [0.25, 0.3) is 5.78 Å². The van der Waals surface area contributed by atoms with Gasteiger partial charge in [0.05, 0.1) is 30.0 Å². The molecular formula is C26H19FN2O5S. The van der Waals surface area contributed by atoms with Crippen molar-refractivity contribution >= 4 is 44.1 Å². The number of Topliss-reactive ketones (excluding diaryl/α,β-unsaturated/α-hetero) is 1. The number of benzene rings is 3. The number of halogens is 1. The van der Waals surface area contributed by atoms with Crippen LogP contribution in [-0.2, 0) is 9.59 Å². The first kappa shape index (κ1) is 22.5. The normalized spacial score (nSPS) is 17.2. The van der Waals surface area contributed by atoms with Gasteiger partial charge in [-0.1, -0.05) is 29.5 Å². The number of hydrogen-bond acceptors (Lipinski definition) is 7. The van der Waals surface area contributed by atoms with Crippen molar-refractivity contribution in [1.29, 1.82) is 0 Å². The van der Waals surface area contributed by atoms with Crippen LogP contribution in [0.4, 0.5) is 9.52 Å². The highest BCUT2D eigenvalue weighted by Gasteiger charge is 2.49. The number of ether oxygens (including phenoxy) is 2. The fraction of sp³-hybridized carbons (Fsp3) is 0.115. The number of amides is 1. The highest BCUT2D eigenvalue weighted by molar-refractivity contribution is 7.22. The minimum Gasteiger partial charge on any atom is -0.507 e. The van der Waals surface area contributed by atoms with Crippen molar-refractivity contribution in [2.75, 3.05) is 19.1 Å². The van der Waals surface area contributed by atoms with Crippen molar-refractivity contribution in [3.05, 3.63) is 89.2 Å². The van der Waals surface area contributed by atoms with Crippen LogP contribution in [0.15, 0.2) is 72.3 Å². The summed E-state index contributed by atoms with van der Waals surface area (Å²) in [6.07, 6.45) is 0. The van der Waals surface area contributed by atoms with Crippen LogP contribution in [0.5, 0.6) is 11.5 Å². The summed E-state index contributed by atoms with van der Waals surface area (Å²) in [6.45, 7) is 0. The van der Waals surface area contributed by atoms with Crippen molar-refractivity contribution < 1.29 is 28.6 Å². The third-order valence-electron chi connectivity index (χ3n) is 5.80. The van der Waals surface area contributed by atoms with Crippen molar-refractivity contribution in [2.24, 2.45) is 0 Å². The summed E-state index contributed by atoms with van der Waals surface area (Å²) < 4.78 is 26.2. The molecule has 1 saturated heterocycles. The zero-order valence-electron chi connectivity index (χ0n) is 18.7. The molecule has 0 aliphatic carbocycles. The molecule has 0 saturated carbocycles. The standard InChI is InChI=1S/C26H19FN2O5S/c1-33-15-9-7-14(8-10-15)23(30)21-22(17-5-3-4-6-18(17)27)29(25(32)24(21)31)26-28-19-12-11-16(34-2)13-20(19)35-26/h3-13,22,30H,1-2H3/t22-/m0/s1. The van der Waals surface area contributed by atoms with E-state index in [0.717, 1.165) is 9.60 Å². The highest BCUT2D eigenvalue weighted by Crippen LogP contribution is 2.45. The van der Waals surface area contributed by atoms with Crippen LogP contribution in [0.2, 0.25) is 0 Å². The molecule has 2 heterocycles. The number of anilines is 1. The molecule has 7 nitrogen and oxygen atoms in total. The van der Waals surface area contributed by atoms with E-state index in [2.05, 4.69) is 4.98 Å². The van der Waals surface area contributed by atoms with Gasteiger partial charge in [-0.3, -0.25) is 14.5 Å². The molecule has 0 spiro atoms.